The van der Waals surface area contributed by atoms with E-state index >= 15 is 0 Å². The van der Waals surface area contributed by atoms with Crippen LogP contribution in [0.2, 0.25) is 0 Å². The van der Waals surface area contributed by atoms with Gasteiger partial charge < -0.3 is 24.3 Å². The topological polar surface area (TPSA) is 66.0 Å². The zero-order chi connectivity index (χ0) is 22.5. The molecule has 5 rings (SSSR count). The number of benzene rings is 1. The van der Waals surface area contributed by atoms with Gasteiger partial charge in [0.25, 0.3) is 0 Å². The van der Waals surface area contributed by atoms with E-state index in [4.69, 9.17) is 18.9 Å². The lowest BCUT2D eigenvalue weighted by Crippen LogP contribution is -2.58. The lowest BCUT2D eigenvalue weighted by molar-refractivity contribution is -0.137. The Bertz CT molecular complexity index is 883. The predicted octanol–water partition coefficient (Wildman–Crippen LogP) is 4.66. The van der Waals surface area contributed by atoms with Crippen molar-refractivity contribution in [2.45, 2.75) is 71.4 Å². The molecule has 0 radical (unpaired) electrons. The summed E-state index contributed by atoms with van der Waals surface area (Å²) >= 11 is 0. The van der Waals surface area contributed by atoms with E-state index in [-0.39, 0.29) is 28.9 Å². The van der Waals surface area contributed by atoms with Gasteiger partial charge in [-0.25, -0.2) is 0 Å². The summed E-state index contributed by atoms with van der Waals surface area (Å²) in [5.41, 5.74) is 1.21. The van der Waals surface area contributed by atoms with Gasteiger partial charge >= 0.3 is 0 Å². The number of carbonyl (C=O) groups is 1. The van der Waals surface area contributed by atoms with Gasteiger partial charge in [0.15, 0.2) is 11.5 Å². The fourth-order valence-electron chi connectivity index (χ4n) is 7.16. The maximum Gasteiger partial charge on any atom is 0.220 e. The second-order valence-corrected chi connectivity index (χ2v) is 10.7. The molecule has 2 aliphatic carbocycles. The van der Waals surface area contributed by atoms with Gasteiger partial charge in [-0.3, -0.25) is 4.79 Å². The lowest BCUT2D eigenvalue weighted by Gasteiger charge is -2.53. The fraction of sp³-hybridized carbons (Fsp3) is 0.731. The molecule has 2 aliphatic heterocycles. The third-order valence-corrected chi connectivity index (χ3v) is 8.69. The van der Waals surface area contributed by atoms with Crippen LogP contribution in [0.4, 0.5) is 0 Å². The van der Waals surface area contributed by atoms with Crippen LogP contribution in [0.25, 0.3) is 0 Å². The van der Waals surface area contributed by atoms with Crippen molar-refractivity contribution in [3.63, 3.8) is 0 Å². The number of amides is 1. The summed E-state index contributed by atoms with van der Waals surface area (Å²) in [6.07, 6.45) is 5.55. The van der Waals surface area contributed by atoms with E-state index in [2.05, 4.69) is 32.2 Å². The molecule has 4 aliphatic rings. The Morgan fingerprint density at radius 2 is 1.94 bits per heavy atom. The first kappa shape index (κ1) is 21.9. The van der Waals surface area contributed by atoms with Crippen LogP contribution in [-0.4, -0.2) is 38.9 Å². The minimum absolute atomic E-state index is 0.0651. The van der Waals surface area contributed by atoms with Crippen molar-refractivity contribution in [1.29, 1.82) is 0 Å². The number of methoxy groups -OCH3 is 1. The van der Waals surface area contributed by atoms with Crippen LogP contribution in [0.3, 0.4) is 0 Å². The smallest absolute Gasteiger partial charge is 0.220 e. The molecule has 5 atom stereocenters. The molecular weight excluding hydrogens is 406 g/mol. The highest BCUT2D eigenvalue weighted by Gasteiger charge is 2.68. The molecule has 1 N–H and O–H groups in total. The van der Waals surface area contributed by atoms with E-state index in [0.717, 1.165) is 54.9 Å². The molecule has 6 heteroatoms. The van der Waals surface area contributed by atoms with Gasteiger partial charge in [0.1, 0.15) is 5.75 Å². The van der Waals surface area contributed by atoms with Crippen LogP contribution in [0.15, 0.2) is 12.1 Å². The Labute approximate surface area is 191 Å². The number of ether oxygens (including phenoxy) is 4. The van der Waals surface area contributed by atoms with Crippen LogP contribution in [0.5, 0.6) is 17.2 Å². The molecular formula is C26H37NO5. The summed E-state index contributed by atoms with van der Waals surface area (Å²) < 4.78 is 24.2. The highest BCUT2D eigenvalue weighted by atomic mass is 16.5. The van der Waals surface area contributed by atoms with Crippen molar-refractivity contribution in [2.75, 3.05) is 26.9 Å². The molecule has 6 nitrogen and oxygen atoms in total. The molecule has 3 fully saturated rings. The molecule has 1 spiro atoms. The summed E-state index contributed by atoms with van der Waals surface area (Å²) in [6, 6.07) is 4.21. The fourth-order valence-corrected chi connectivity index (χ4v) is 7.16. The Hall–Kier alpha value is -1.95. The molecule has 32 heavy (non-hydrogen) atoms. The van der Waals surface area contributed by atoms with Crippen LogP contribution >= 0.6 is 0 Å². The SMILES string of the molecule is CCCC(=O)N[C@H]1C(C)(C)[C@@H]2C[C@@H]3[C@@H](c4cc5c(cc4OC)OCCCO5)OCCC31C2. The van der Waals surface area contributed by atoms with Gasteiger partial charge in [0.2, 0.25) is 5.91 Å². The van der Waals surface area contributed by atoms with E-state index < -0.39 is 0 Å². The predicted molar refractivity (Wildman–Crippen MR) is 121 cm³/mol. The quantitative estimate of drug-likeness (QED) is 0.717. The monoisotopic (exact) mass is 443 g/mol. The summed E-state index contributed by atoms with van der Waals surface area (Å²) in [5.74, 6) is 3.42. The Morgan fingerprint density at radius 3 is 2.66 bits per heavy atom. The van der Waals surface area contributed by atoms with Crippen molar-refractivity contribution in [3.8, 4) is 17.2 Å². The standard InChI is InChI=1S/C26H37NO5/c1-5-7-22(28)27-24-25(2,3)16-12-18-23(32-11-8-26(18,24)15-16)17-13-20-21(14-19(17)29-4)31-10-6-9-30-20/h13-14,16,18,23-24H,5-12,15H2,1-4H3,(H,27,28)/t16-,18-,23-,24+,26?/m1/s1. The van der Waals surface area contributed by atoms with E-state index in [1.807, 2.05) is 6.07 Å². The molecule has 2 bridgehead atoms. The molecule has 1 saturated heterocycles. The Morgan fingerprint density at radius 1 is 1.19 bits per heavy atom. The summed E-state index contributed by atoms with van der Waals surface area (Å²) in [5, 5.41) is 3.48. The summed E-state index contributed by atoms with van der Waals surface area (Å²) in [6.45, 7) is 8.75. The Balaban J connectivity index is 1.51. The molecule has 0 aromatic heterocycles. The number of rotatable bonds is 5. The second-order valence-electron chi connectivity index (χ2n) is 10.7. The molecule has 1 amide bonds. The molecule has 1 aromatic rings. The molecule has 2 heterocycles. The van der Waals surface area contributed by atoms with Crippen molar-refractivity contribution in [3.05, 3.63) is 17.7 Å². The zero-order valence-electron chi connectivity index (χ0n) is 19.9. The van der Waals surface area contributed by atoms with Gasteiger partial charge in [0.05, 0.1) is 26.4 Å². The second kappa shape index (κ2) is 8.12. The number of hydrogen-bond donors (Lipinski definition) is 1. The Kier molecular flexibility index (Phi) is 5.55. The number of nitrogens with one attached hydrogen (secondary N) is 1. The van der Waals surface area contributed by atoms with Crippen molar-refractivity contribution < 1.29 is 23.7 Å². The summed E-state index contributed by atoms with van der Waals surface area (Å²) in [4.78, 5) is 12.7. The molecule has 176 valence electrons. The first-order chi connectivity index (χ1) is 15.4. The molecule has 1 unspecified atom stereocenters. The van der Waals surface area contributed by atoms with E-state index in [0.29, 0.717) is 38.1 Å². The average molecular weight is 444 g/mol. The average Bonchev–Trinajstić information content (AvgIpc) is 3.14. The number of carbonyl (C=O) groups excluding carboxylic acids is 1. The first-order valence-electron chi connectivity index (χ1n) is 12.3. The highest BCUT2D eigenvalue weighted by Crippen LogP contribution is 2.71. The van der Waals surface area contributed by atoms with E-state index in [9.17, 15) is 4.79 Å². The van der Waals surface area contributed by atoms with Crippen LogP contribution in [0, 0.1) is 22.7 Å². The van der Waals surface area contributed by atoms with Crippen LogP contribution in [0.1, 0.15) is 71.0 Å². The van der Waals surface area contributed by atoms with Crippen molar-refractivity contribution in [2.24, 2.45) is 22.7 Å². The van der Waals surface area contributed by atoms with Crippen molar-refractivity contribution in [1.82, 2.24) is 5.32 Å². The minimum Gasteiger partial charge on any atom is -0.496 e. The third-order valence-electron chi connectivity index (χ3n) is 8.69. The van der Waals surface area contributed by atoms with Gasteiger partial charge in [-0.1, -0.05) is 20.8 Å². The van der Waals surface area contributed by atoms with Crippen LogP contribution in [-0.2, 0) is 9.53 Å². The van der Waals surface area contributed by atoms with Crippen LogP contribution < -0.4 is 19.5 Å². The van der Waals surface area contributed by atoms with Gasteiger partial charge in [-0.15, -0.1) is 0 Å². The van der Waals surface area contributed by atoms with E-state index in [1.54, 1.807) is 7.11 Å². The van der Waals surface area contributed by atoms with Gasteiger partial charge in [-0.05, 0) is 54.4 Å². The molecule has 1 aromatic carbocycles. The van der Waals surface area contributed by atoms with Gasteiger partial charge in [-0.2, -0.15) is 0 Å². The van der Waals surface area contributed by atoms with Gasteiger partial charge in [0, 0.05) is 37.1 Å². The van der Waals surface area contributed by atoms with E-state index in [1.165, 1.54) is 0 Å². The number of fused-ring (bicyclic) bond motifs is 2. The third kappa shape index (κ3) is 3.28. The zero-order valence-corrected chi connectivity index (χ0v) is 19.9. The maximum atomic E-state index is 12.7. The first-order valence-corrected chi connectivity index (χ1v) is 12.3. The largest absolute Gasteiger partial charge is 0.496 e. The minimum atomic E-state index is -0.0671. The lowest BCUT2D eigenvalue weighted by atomic mass is 9.58. The molecule has 2 saturated carbocycles. The maximum absolute atomic E-state index is 12.7. The summed E-state index contributed by atoms with van der Waals surface area (Å²) in [7, 11) is 1.71. The normalized spacial score (nSPS) is 34.5. The highest BCUT2D eigenvalue weighted by molar-refractivity contribution is 5.76. The number of hydrogen-bond acceptors (Lipinski definition) is 5. The van der Waals surface area contributed by atoms with Crippen molar-refractivity contribution >= 4 is 5.91 Å².